The van der Waals surface area contributed by atoms with Gasteiger partial charge in [-0.2, -0.15) is 0 Å². The van der Waals surface area contributed by atoms with Crippen LogP contribution in [0.1, 0.15) is 38.2 Å². The molecule has 0 unspecified atom stereocenters. The van der Waals surface area contributed by atoms with Crippen molar-refractivity contribution < 1.29 is 8.78 Å². The molecular weight excluding hydrogens is 208 g/mol. The molecule has 1 aliphatic rings. The molecule has 16 heavy (non-hydrogen) atoms. The molecule has 0 amide bonds. The van der Waals surface area contributed by atoms with E-state index in [4.69, 9.17) is 0 Å². The molecule has 1 N–H and O–H groups in total. The van der Waals surface area contributed by atoms with Gasteiger partial charge in [-0.05, 0) is 37.5 Å². The van der Waals surface area contributed by atoms with E-state index < -0.39 is 5.92 Å². The van der Waals surface area contributed by atoms with Crippen molar-refractivity contribution >= 4 is 5.69 Å². The second-order valence-corrected chi connectivity index (χ2v) is 4.89. The summed E-state index contributed by atoms with van der Waals surface area (Å²) in [6, 6.07) is 8.18. The van der Waals surface area contributed by atoms with E-state index >= 15 is 0 Å². The first-order chi connectivity index (χ1) is 7.46. The maximum absolute atomic E-state index is 12.8. The molecule has 0 atom stereocenters. The summed E-state index contributed by atoms with van der Waals surface area (Å²) in [6.45, 7) is 4.12. The molecule has 0 aliphatic heterocycles. The Kier molecular flexibility index (Phi) is 2.87. The topological polar surface area (TPSA) is 12.0 Å². The lowest BCUT2D eigenvalue weighted by molar-refractivity contribution is -0.0867. The largest absolute Gasteiger partial charge is 0.383 e. The van der Waals surface area contributed by atoms with Gasteiger partial charge in [-0.3, -0.25) is 0 Å². The molecular formula is C13H17F2N. The van der Waals surface area contributed by atoms with Gasteiger partial charge in [0.1, 0.15) is 0 Å². The van der Waals surface area contributed by atoms with Crippen molar-refractivity contribution in [3.05, 3.63) is 29.8 Å². The summed E-state index contributed by atoms with van der Waals surface area (Å²) in [4.78, 5) is 0. The summed E-state index contributed by atoms with van der Waals surface area (Å²) < 4.78 is 25.5. The van der Waals surface area contributed by atoms with E-state index in [1.165, 1.54) is 0 Å². The van der Waals surface area contributed by atoms with E-state index in [0.29, 0.717) is 6.04 Å². The Balaban J connectivity index is 2.06. The van der Waals surface area contributed by atoms with Crippen LogP contribution in [0.3, 0.4) is 0 Å². The number of hydrogen-bond acceptors (Lipinski definition) is 1. The maximum atomic E-state index is 12.8. The van der Waals surface area contributed by atoms with Gasteiger partial charge in [-0.25, -0.2) is 8.78 Å². The maximum Gasteiger partial charge on any atom is 0.249 e. The zero-order chi connectivity index (χ0) is 11.8. The first kappa shape index (κ1) is 11.4. The zero-order valence-electron chi connectivity index (χ0n) is 9.63. The van der Waals surface area contributed by atoms with Gasteiger partial charge in [0.25, 0.3) is 0 Å². The van der Waals surface area contributed by atoms with Crippen LogP contribution >= 0.6 is 0 Å². The summed E-state index contributed by atoms with van der Waals surface area (Å²) in [5.74, 6) is -2.41. The highest BCUT2D eigenvalue weighted by Gasteiger charge is 2.45. The van der Waals surface area contributed by atoms with Gasteiger partial charge in [0.15, 0.2) is 0 Å². The number of benzene rings is 1. The number of rotatable bonds is 3. The molecule has 0 heterocycles. The normalized spacial score (nSPS) is 19.6. The number of anilines is 1. The molecule has 1 aromatic carbocycles. The molecule has 0 bridgehead atoms. The molecule has 2 rings (SSSR count). The van der Waals surface area contributed by atoms with E-state index in [9.17, 15) is 8.78 Å². The lowest BCUT2D eigenvalue weighted by Gasteiger charge is -2.35. The first-order valence-electron chi connectivity index (χ1n) is 5.70. The SMILES string of the molecule is CC(C)Nc1cccc(C2CC(F)(F)C2)c1. The van der Waals surface area contributed by atoms with Crippen LogP contribution < -0.4 is 5.32 Å². The van der Waals surface area contributed by atoms with Crippen molar-refractivity contribution in [3.63, 3.8) is 0 Å². The second-order valence-electron chi connectivity index (χ2n) is 4.89. The van der Waals surface area contributed by atoms with Crippen LogP contribution in [0.5, 0.6) is 0 Å². The fraction of sp³-hybridized carbons (Fsp3) is 0.538. The van der Waals surface area contributed by atoms with Gasteiger partial charge in [0.2, 0.25) is 5.92 Å². The second kappa shape index (κ2) is 4.04. The molecule has 1 fully saturated rings. The lowest BCUT2D eigenvalue weighted by atomic mass is 9.76. The van der Waals surface area contributed by atoms with E-state index in [2.05, 4.69) is 19.2 Å². The predicted octanol–water partition coefficient (Wildman–Crippen LogP) is 4.02. The van der Waals surface area contributed by atoms with Gasteiger partial charge >= 0.3 is 0 Å². The van der Waals surface area contributed by atoms with Crippen LogP contribution in [-0.4, -0.2) is 12.0 Å². The molecule has 0 spiro atoms. The van der Waals surface area contributed by atoms with Crippen LogP contribution in [0.15, 0.2) is 24.3 Å². The molecule has 1 nitrogen and oxygen atoms in total. The molecule has 1 aliphatic carbocycles. The quantitative estimate of drug-likeness (QED) is 0.819. The Hall–Kier alpha value is -1.12. The van der Waals surface area contributed by atoms with E-state index in [-0.39, 0.29) is 18.8 Å². The minimum atomic E-state index is -2.44. The predicted molar refractivity (Wildman–Crippen MR) is 62.1 cm³/mol. The fourth-order valence-corrected chi connectivity index (χ4v) is 2.11. The minimum Gasteiger partial charge on any atom is -0.383 e. The molecule has 1 aromatic rings. The highest BCUT2D eigenvalue weighted by atomic mass is 19.3. The van der Waals surface area contributed by atoms with Gasteiger partial charge in [0.05, 0.1) is 0 Å². The summed E-state index contributed by atoms with van der Waals surface area (Å²) in [6.07, 6.45) is -0.00371. The van der Waals surface area contributed by atoms with E-state index in [1.807, 2.05) is 24.3 Å². The van der Waals surface area contributed by atoms with Crippen molar-refractivity contribution in [3.8, 4) is 0 Å². The van der Waals surface area contributed by atoms with Crippen molar-refractivity contribution in [1.82, 2.24) is 0 Å². The highest BCUT2D eigenvalue weighted by Crippen LogP contribution is 2.48. The van der Waals surface area contributed by atoms with Crippen LogP contribution in [0.4, 0.5) is 14.5 Å². The van der Waals surface area contributed by atoms with Crippen LogP contribution in [-0.2, 0) is 0 Å². The van der Waals surface area contributed by atoms with Gasteiger partial charge < -0.3 is 5.32 Å². The molecule has 0 saturated heterocycles. The summed E-state index contributed by atoms with van der Waals surface area (Å²) in [7, 11) is 0. The first-order valence-corrected chi connectivity index (χ1v) is 5.70. The van der Waals surface area contributed by atoms with Gasteiger partial charge in [-0.15, -0.1) is 0 Å². The Bertz CT molecular complexity index is 366. The van der Waals surface area contributed by atoms with Crippen molar-refractivity contribution in [1.29, 1.82) is 0 Å². The minimum absolute atomic E-state index is 0.00185. The average Bonchev–Trinajstić information content (AvgIpc) is 2.13. The summed E-state index contributed by atoms with van der Waals surface area (Å²) in [5, 5.41) is 3.28. The van der Waals surface area contributed by atoms with Crippen LogP contribution in [0.25, 0.3) is 0 Å². The van der Waals surface area contributed by atoms with Gasteiger partial charge in [-0.1, -0.05) is 12.1 Å². The molecule has 3 heteroatoms. The fourth-order valence-electron chi connectivity index (χ4n) is 2.11. The number of hydrogen-bond donors (Lipinski definition) is 1. The van der Waals surface area contributed by atoms with Crippen molar-refractivity contribution in [2.24, 2.45) is 0 Å². The van der Waals surface area contributed by atoms with E-state index in [0.717, 1.165) is 11.3 Å². The third-order valence-corrected chi connectivity index (χ3v) is 2.90. The Morgan fingerprint density at radius 2 is 2.00 bits per heavy atom. The smallest absolute Gasteiger partial charge is 0.249 e. The summed E-state index contributed by atoms with van der Waals surface area (Å²) >= 11 is 0. The third-order valence-electron chi connectivity index (χ3n) is 2.90. The standard InChI is InChI=1S/C13H17F2N/c1-9(2)16-12-5-3-4-10(6-12)11-7-13(14,15)8-11/h3-6,9,11,16H,7-8H2,1-2H3. The number of nitrogens with one attached hydrogen (secondary N) is 1. The highest BCUT2D eigenvalue weighted by molar-refractivity contribution is 5.47. The van der Waals surface area contributed by atoms with E-state index in [1.54, 1.807) is 0 Å². The van der Waals surface area contributed by atoms with Crippen LogP contribution in [0, 0.1) is 0 Å². The molecule has 88 valence electrons. The Morgan fingerprint density at radius 3 is 2.56 bits per heavy atom. The number of alkyl halides is 2. The lowest BCUT2D eigenvalue weighted by Crippen LogP contribution is -2.33. The zero-order valence-corrected chi connectivity index (χ0v) is 9.63. The van der Waals surface area contributed by atoms with Crippen molar-refractivity contribution in [2.75, 3.05) is 5.32 Å². The average molecular weight is 225 g/mol. The molecule has 0 aromatic heterocycles. The number of halogens is 2. The monoisotopic (exact) mass is 225 g/mol. The third kappa shape index (κ3) is 2.52. The Labute approximate surface area is 94.9 Å². The molecule has 1 saturated carbocycles. The Morgan fingerprint density at radius 1 is 1.31 bits per heavy atom. The van der Waals surface area contributed by atoms with Crippen molar-refractivity contribution in [2.45, 2.75) is 44.6 Å². The van der Waals surface area contributed by atoms with Gasteiger partial charge in [0, 0.05) is 24.6 Å². The molecule has 0 radical (unpaired) electrons. The summed E-state index contributed by atoms with van der Waals surface area (Å²) in [5.41, 5.74) is 2.04. The van der Waals surface area contributed by atoms with Crippen LogP contribution in [0.2, 0.25) is 0 Å².